The molecular formula is C16H13NO3. The number of benzene rings is 2. The summed E-state index contributed by atoms with van der Waals surface area (Å²) in [5.74, 6) is -1.07. The molecule has 2 N–H and O–H groups in total. The van der Waals surface area contributed by atoms with E-state index in [1.54, 1.807) is 6.07 Å². The number of hydrogen-bond acceptors (Lipinski definition) is 3. The Balaban J connectivity index is 1.79. The van der Waals surface area contributed by atoms with Crippen LogP contribution in [0.15, 0.2) is 59.2 Å². The Kier molecular flexibility index (Phi) is 3.13. The van der Waals surface area contributed by atoms with Gasteiger partial charge in [0.15, 0.2) is 0 Å². The molecule has 1 heterocycles. The third-order valence-electron chi connectivity index (χ3n) is 3.17. The SMILES string of the molecule is O=C(O)c1occc1CNc1ccc2ccccc2c1. The van der Waals surface area contributed by atoms with Crippen LogP contribution < -0.4 is 5.32 Å². The molecule has 4 heteroatoms. The van der Waals surface area contributed by atoms with Crippen LogP contribution in [0.2, 0.25) is 0 Å². The number of hydrogen-bond donors (Lipinski definition) is 2. The summed E-state index contributed by atoms with van der Waals surface area (Å²) in [4.78, 5) is 10.9. The van der Waals surface area contributed by atoms with Crippen molar-refractivity contribution in [2.45, 2.75) is 6.54 Å². The summed E-state index contributed by atoms with van der Waals surface area (Å²) in [5.41, 5.74) is 1.58. The molecule has 0 unspecified atom stereocenters. The number of anilines is 1. The summed E-state index contributed by atoms with van der Waals surface area (Å²) in [6, 6.07) is 15.8. The van der Waals surface area contributed by atoms with Crippen molar-refractivity contribution in [2.75, 3.05) is 5.32 Å². The predicted octanol–water partition coefficient (Wildman–Crippen LogP) is 3.74. The first-order valence-electron chi connectivity index (χ1n) is 6.26. The third-order valence-corrected chi connectivity index (χ3v) is 3.17. The second-order valence-corrected chi connectivity index (χ2v) is 4.50. The van der Waals surface area contributed by atoms with Crippen LogP contribution in [0.1, 0.15) is 16.1 Å². The fourth-order valence-electron chi connectivity index (χ4n) is 2.16. The molecule has 4 nitrogen and oxygen atoms in total. The molecule has 1 aromatic heterocycles. The van der Waals surface area contributed by atoms with Gasteiger partial charge in [-0.25, -0.2) is 4.79 Å². The van der Waals surface area contributed by atoms with Crippen molar-refractivity contribution in [1.29, 1.82) is 0 Å². The summed E-state index contributed by atoms with van der Waals surface area (Å²) < 4.78 is 4.95. The van der Waals surface area contributed by atoms with Crippen LogP contribution in [0.3, 0.4) is 0 Å². The van der Waals surface area contributed by atoms with E-state index < -0.39 is 5.97 Å². The Bertz CT molecular complexity index is 761. The molecule has 100 valence electrons. The molecule has 3 rings (SSSR count). The Labute approximate surface area is 115 Å². The van der Waals surface area contributed by atoms with E-state index in [0.29, 0.717) is 12.1 Å². The maximum atomic E-state index is 10.9. The van der Waals surface area contributed by atoms with Crippen LogP contribution in [0.4, 0.5) is 5.69 Å². The van der Waals surface area contributed by atoms with Crippen LogP contribution >= 0.6 is 0 Å². The molecule has 3 aromatic rings. The molecule has 0 aliphatic heterocycles. The lowest BCUT2D eigenvalue weighted by Gasteiger charge is -2.07. The quantitative estimate of drug-likeness (QED) is 0.755. The third kappa shape index (κ3) is 2.36. The topological polar surface area (TPSA) is 62.5 Å². The maximum absolute atomic E-state index is 10.9. The van der Waals surface area contributed by atoms with E-state index in [9.17, 15) is 4.79 Å². The van der Waals surface area contributed by atoms with Gasteiger partial charge in [-0.05, 0) is 29.0 Å². The second-order valence-electron chi connectivity index (χ2n) is 4.50. The van der Waals surface area contributed by atoms with Crippen molar-refractivity contribution < 1.29 is 14.3 Å². The molecule has 2 aromatic carbocycles. The van der Waals surface area contributed by atoms with Gasteiger partial charge in [-0.15, -0.1) is 0 Å². The Morgan fingerprint density at radius 3 is 2.70 bits per heavy atom. The fourth-order valence-corrected chi connectivity index (χ4v) is 2.16. The minimum absolute atomic E-state index is 0.0155. The average molecular weight is 267 g/mol. The number of carboxylic acid groups (broad SMARTS) is 1. The van der Waals surface area contributed by atoms with Crippen molar-refractivity contribution in [2.24, 2.45) is 0 Å². The summed E-state index contributed by atoms with van der Waals surface area (Å²) >= 11 is 0. The van der Waals surface area contributed by atoms with Crippen molar-refractivity contribution in [3.8, 4) is 0 Å². The first-order valence-corrected chi connectivity index (χ1v) is 6.26. The molecule has 0 radical (unpaired) electrons. The number of fused-ring (bicyclic) bond motifs is 1. The van der Waals surface area contributed by atoms with Gasteiger partial charge in [-0.3, -0.25) is 0 Å². The Morgan fingerprint density at radius 1 is 1.10 bits per heavy atom. The van der Waals surface area contributed by atoms with Gasteiger partial charge in [0.25, 0.3) is 0 Å². The van der Waals surface area contributed by atoms with Gasteiger partial charge in [-0.2, -0.15) is 0 Å². The smallest absolute Gasteiger partial charge is 0.372 e. The zero-order chi connectivity index (χ0) is 13.9. The molecular weight excluding hydrogens is 254 g/mol. The normalized spacial score (nSPS) is 10.6. The minimum Gasteiger partial charge on any atom is -0.475 e. The highest BCUT2D eigenvalue weighted by molar-refractivity contribution is 5.87. The minimum atomic E-state index is -1.05. The Morgan fingerprint density at radius 2 is 1.90 bits per heavy atom. The van der Waals surface area contributed by atoms with Crippen LogP contribution in [0.25, 0.3) is 10.8 Å². The lowest BCUT2D eigenvalue weighted by Crippen LogP contribution is -2.04. The monoisotopic (exact) mass is 267 g/mol. The highest BCUT2D eigenvalue weighted by atomic mass is 16.4. The molecule has 0 aliphatic rings. The van der Waals surface area contributed by atoms with Crippen LogP contribution in [-0.2, 0) is 6.54 Å². The van der Waals surface area contributed by atoms with Crippen LogP contribution in [0, 0.1) is 0 Å². The average Bonchev–Trinajstić information content (AvgIpc) is 2.93. The second kappa shape index (κ2) is 5.09. The molecule has 0 saturated heterocycles. The summed E-state index contributed by atoms with van der Waals surface area (Å²) in [7, 11) is 0. The molecule has 0 fully saturated rings. The van der Waals surface area contributed by atoms with Crippen molar-refractivity contribution in [3.63, 3.8) is 0 Å². The van der Waals surface area contributed by atoms with Gasteiger partial charge in [0, 0.05) is 17.8 Å². The number of nitrogens with one attached hydrogen (secondary N) is 1. The van der Waals surface area contributed by atoms with Gasteiger partial charge in [-0.1, -0.05) is 30.3 Å². The zero-order valence-corrected chi connectivity index (χ0v) is 10.7. The van der Waals surface area contributed by atoms with E-state index in [-0.39, 0.29) is 5.76 Å². The van der Waals surface area contributed by atoms with Gasteiger partial charge in [0.1, 0.15) is 0 Å². The molecule has 0 atom stereocenters. The van der Waals surface area contributed by atoms with E-state index in [1.807, 2.05) is 36.4 Å². The summed E-state index contributed by atoms with van der Waals surface area (Å²) in [6.45, 7) is 0.413. The molecule has 0 spiro atoms. The van der Waals surface area contributed by atoms with E-state index in [0.717, 1.165) is 11.1 Å². The van der Waals surface area contributed by atoms with Gasteiger partial charge >= 0.3 is 5.97 Å². The number of aromatic carboxylic acids is 1. The summed E-state index contributed by atoms with van der Waals surface area (Å²) in [6.07, 6.45) is 1.39. The van der Waals surface area contributed by atoms with E-state index in [4.69, 9.17) is 9.52 Å². The fraction of sp³-hybridized carbons (Fsp3) is 0.0625. The molecule has 20 heavy (non-hydrogen) atoms. The van der Waals surface area contributed by atoms with E-state index >= 15 is 0 Å². The lowest BCUT2D eigenvalue weighted by atomic mass is 10.1. The first-order chi connectivity index (χ1) is 9.74. The summed E-state index contributed by atoms with van der Waals surface area (Å²) in [5, 5.41) is 14.5. The van der Waals surface area contributed by atoms with Gasteiger partial charge in [0.2, 0.25) is 5.76 Å². The predicted molar refractivity (Wildman–Crippen MR) is 76.9 cm³/mol. The van der Waals surface area contributed by atoms with Crippen molar-refractivity contribution in [3.05, 3.63) is 66.1 Å². The molecule has 0 aliphatic carbocycles. The van der Waals surface area contributed by atoms with Crippen molar-refractivity contribution in [1.82, 2.24) is 0 Å². The van der Waals surface area contributed by atoms with E-state index in [1.165, 1.54) is 11.6 Å². The molecule has 0 saturated carbocycles. The van der Waals surface area contributed by atoms with Gasteiger partial charge < -0.3 is 14.8 Å². The lowest BCUT2D eigenvalue weighted by molar-refractivity contribution is 0.0661. The number of rotatable bonds is 4. The largest absolute Gasteiger partial charge is 0.475 e. The number of carboxylic acids is 1. The maximum Gasteiger partial charge on any atom is 0.372 e. The number of carbonyl (C=O) groups is 1. The van der Waals surface area contributed by atoms with Crippen LogP contribution in [-0.4, -0.2) is 11.1 Å². The van der Waals surface area contributed by atoms with Crippen molar-refractivity contribution >= 4 is 22.4 Å². The van der Waals surface area contributed by atoms with Crippen LogP contribution in [0.5, 0.6) is 0 Å². The van der Waals surface area contributed by atoms with E-state index in [2.05, 4.69) is 11.4 Å². The standard InChI is InChI=1S/C16H13NO3/c18-16(19)15-13(7-8-20-15)10-17-14-6-5-11-3-1-2-4-12(11)9-14/h1-9,17H,10H2,(H,18,19). The Hall–Kier alpha value is -2.75. The highest BCUT2D eigenvalue weighted by Gasteiger charge is 2.13. The molecule has 0 bridgehead atoms. The van der Waals surface area contributed by atoms with Gasteiger partial charge in [0.05, 0.1) is 6.26 Å². The number of furan rings is 1. The zero-order valence-electron chi connectivity index (χ0n) is 10.7. The highest BCUT2D eigenvalue weighted by Crippen LogP contribution is 2.20. The first kappa shape index (κ1) is 12.3. The molecule has 0 amide bonds.